The van der Waals surface area contributed by atoms with Crippen molar-refractivity contribution in [2.75, 3.05) is 6.61 Å². The summed E-state index contributed by atoms with van der Waals surface area (Å²) in [6.07, 6.45) is 3.03. The first kappa shape index (κ1) is 22.5. The van der Waals surface area contributed by atoms with Gasteiger partial charge in [-0.05, 0) is 39.0 Å². The molecule has 3 rings (SSSR count). The van der Waals surface area contributed by atoms with Gasteiger partial charge in [-0.15, -0.1) is 0 Å². The van der Waals surface area contributed by atoms with Gasteiger partial charge in [-0.1, -0.05) is 11.6 Å². The quantitative estimate of drug-likeness (QED) is 0.548. The Hall–Kier alpha value is -3.22. The fourth-order valence-electron chi connectivity index (χ4n) is 3.06. The maximum Gasteiger partial charge on any atom is 0.271 e. The number of hydrogen-bond donors (Lipinski definition) is 2. The Labute approximate surface area is 184 Å². The van der Waals surface area contributed by atoms with Crippen LogP contribution in [-0.2, 0) is 11.3 Å². The van der Waals surface area contributed by atoms with Crippen LogP contribution < -0.4 is 5.32 Å². The summed E-state index contributed by atoms with van der Waals surface area (Å²) in [6.45, 7) is 6.53. The predicted molar refractivity (Wildman–Crippen MR) is 113 cm³/mol. The third-order valence-corrected chi connectivity index (χ3v) is 4.86. The molecule has 1 unspecified atom stereocenters. The summed E-state index contributed by atoms with van der Waals surface area (Å²) < 4.78 is 21.1. The maximum atomic E-state index is 14.0. The monoisotopic (exact) mass is 444 g/mol. The van der Waals surface area contributed by atoms with Crippen molar-refractivity contribution < 1.29 is 13.9 Å². The van der Waals surface area contributed by atoms with E-state index in [4.69, 9.17) is 21.6 Å². The fraction of sp³-hybridized carbons (Fsp3) is 0.333. The Morgan fingerprint density at radius 2 is 2.23 bits per heavy atom. The van der Waals surface area contributed by atoms with Gasteiger partial charge in [0.15, 0.2) is 0 Å². The van der Waals surface area contributed by atoms with Gasteiger partial charge in [-0.3, -0.25) is 9.48 Å². The van der Waals surface area contributed by atoms with Crippen LogP contribution in [0.3, 0.4) is 0 Å². The molecule has 1 amide bonds. The first-order valence-electron chi connectivity index (χ1n) is 9.73. The molecule has 1 aromatic carbocycles. The van der Waals surface area contributed by atoms with E-state index in [0.717, 1.165) is 0 Å². The molecule has 8 nitrogen and oxygen atoms in total. The van der Waals surface area contributed by atoms with E-state index in [1.807, 2.05) is 20.8 Å². The van der Waals surface area contributed by atoms with E-state index < -0.39 is 5.82 Å². The molecule has 3 aromatic rings. The van der Waals surface area contributed by atoms with Gasteiger partial charge in [-0.25, -0.2) is 9.37 Å². The molecule has 0 spiro atoms. The smallest absolute Gasteiger partial charge is 0.271 e. The number of carbonyl (C=O) groups is 1. The van der Waals surface area contributed by atoms with Crippen LogP contribution in [0.25, 0.3) is 11.3 Å². The molecule has 0 saturated heterocycles. The van der Waals surface area contributed by atoms with Crippen molar-refractivity contribution in [3.8, 4) is 17.3 Å². The van der Waals surface area contributed by atoms with Crippen LogP contribution in [0.1, 0.15) is 48.8 Å². The molecule has 0 saturated carbocycles. The van der Waals surface area contributed by atoms with E-state index in [1.165, 1.54) is 12.1 Å². The highest BCUT2D eigenvalue weighted by molar-refractivity contribution is 6.32. The summed E-state index contributed by atoms with van der Waals surface area (Å²) in [5.74, 6) is -0.422. The van der Waals surface area contributed by atoms with Crippen molar-refractivity contribution in [2.24, 2.45) is 0 Å². The van der Waals surface area contributed by atoms with E-state index in [2.05, 4.69) is 20.4 Å². The van der Waals surface area contributed by atoms with Crippen molar-refractivity contribution >= 4 is 17.5 Å². The molecule has 2 aromatic heterocycles. The van der Waals surface area contributed by atoms with E-state index in [-0.39, 0.29) is 34.3 Å². The van der Waals surface area contributed by atoms with Crippen LogP contribution in [0.5, 0.6) is 0 Å². The minimum Gasteiger partial charge on any atom is -0.371 e. The number of aromatic nitrogens is 4. The van der Waals surface area contributed by atoms with Crippen molar-refractivity contribution in [3.05, 3.63) is 58.5 Å². The molecular formula is C21H22ClFN6O2. The second kappa shape index (κ2) is 9.73. The molecule has 10 heteroatoms. The molecule has 162 valence electrons. The summed E-state index contributed by atoms with van der Waals surface area (Å²) in [5, 5.41) is 16.2. The Kier molecular flexibility index (Phi) is 7.05. The first-order chi connectivity index (χ1) is 14.8. The number of benzene rings is 1. The number of aromatic amines is 1. The molecule has 2 heterocycles. The number of amides is 1. The predicted octanol–water partition coefficient (Wildman–Crippen LogP) is 3.85. The fourth-order valence-corrected chi connectivity index (χ4v) is 3.31. The summed E-state index contributed by atoms with van der Waals surface area (Å²) >= 11 is 5.97. The highest BCUT2D eigenvalue weighted by Gasteiger charge is 2.17. The molecule has 0 fully saturated rings. The van der Waals surface area contributed by atoms with Crippen LogP contribution in [0, 0.1) is 17.1 Å². The molecule has 0 bridgehead atoms. The van der Waals surface area contributed by atoms with Crippen molar-refractivity contribution in [2.45, 2.75) is 39.5 Å². The number of imidazole rings is 1. The topological polar surface area (TPSA) is 109 Å². The van der Waals surface area contributed by atoms with Crippen molar-refractivity contribution in [1.29, 1.82) is 5.26 Å². The number of rotatable bonds is 8. The van der Waals surface area contributed by atoms with Crippen LogP contribution in [0.2, 0.25) is 5.02 Å². The average molecular weight is 445 g/mol. The molecular weight excluding hydrogens is 423 g/mol. The summed E-state index contributed by atoms with van der Waals surface area (Å²) in [6, 6.07) is 5.92. The molecule has 0 aliphatic rings. The molecule has 31 heavy (non-hydrogen) atoms. The Morgan fingerprint density at radius 1 is 1.45 bits per heavy atom. The van der Waals surface area contributed by atoms with E-state index in [9.17, 15) is 9.18 Å². The van der Waals surface area contributed by atoms with E-state index in [1.54, 1.807) is 29.2 Å². The number of hydrogen-bond acceptors (Lipinski definition) is 5. The van der Waals surface area contributed by atoms with Crippen LogP contribution in [0.15, 0.2) is 30.6 Å². The minimum absolute atomic E-state index is 0.0321. The van der Waals surface area contributed by atoms with Crippen LogP contribution >= 0.6 is 11.6 Å². The Balaban J connectivity index is 1.63. The van der Waals surface area contributed by atoms with Gasteiger partial charge in [0.05, 0.1) is 17.3 Å². The summed E-state index contributed by atoms with van der Waals surface area (Å²) in [7, 11) is 0. The Bertz CT molecular complexity index is 1100. The number of nitriles is 1. The average Bonchev–Trinajstić information content (AvgIpc) is 3.37. The second-order valence-electron chi connectivity index (χ2n) is 6.99. The first-order valence-corrected chi connectivity index (χ1v) is 10.1. The third kappa shape index (κ3) is 5.29. The van der Waals surface area contributed by atoms with Gasteiger partial charge in [0, 0.05) is 30.6 Å². The third-order valence-electron chi connectivity index (χ3n) is 4.56. The summed E-state index contributed by atoms with van der Waals surface area (Å²) in [4.78, 5) is 19.7. The zero-order valence-corrected chi connectivity index (χ0v) is 18.1. The number of carbonyl (C=O) groups excluding carboxylic acids is 1. The van der Waals surface area contributed by atoms with Crippen molar-refractivity contribution in [3.63, 3.8) is 0 Å². The summed E-state index contributed by atoms with van der Waals surface area (Å²) in [5.41, 5.74) is 1.05. The molecule has 0 radical (unpaired) electrons. The molecule has 0 aliphatic heterocycles. The molecule has 0 aliphatic carbocycles. The number of nitrogens with zero attached hydrogens (tertiary/aromatic N) is 4. The number of ether oxygens (including phenoxy) is 1. The maximum absolute atomic E-state index is 14.0. The standard InChI is InChI=1S/C21H22ClFN6O2/c1-4-31-13(3)20-25-10-19(27-20)21(30)26-12(2)11-29-6-5-18(28-29)14-7-16(22)15(9-24)17(23)8-14/h5-8,10,12-13H,4,11H2,1-3H3,(H,25,27)(H,26,30)/t12-,13?/m0/s1. The number of H-pyrrole nitrogens is 1. The lowest BCUT2D eigenvalue weighted by Gasteiger charge is -2.13. The van der Waals surface area contributed by atoms with E-state index >= 15 is 0 Å². The number of halogens is 2. The van der Waals surface area contributed by atoms with Gasteiger partial charge in [0.2, 0.25) is 0 Å². The zero-order chi connectivity index (χ0) is 22.5. The zero-order valence-electron chi connectivity index (χ0n) is 17.3. The lowest BCUT2D eigenvalue weighted by Crippen LogP contribution is -2.36. The lowest BCUT2D eigenvalue weighted by atomic mass is 10.1. The van der Waals surface area contributed by atoms with Crippen molar-refractivity contribution in [1.82, 2.24) is 25.1 Å². The van der Waals surface area contributed by atoms with Crippen LogP contribution in [-0.4, -0.2) is 38.3 Å². The minimum atomic E-state index is -0.697. The molecule has 2 N–H and O–H groups in total. The number of nitrogens with one attached hydrogen (secondary N) is 2. The van der Waals surface area contributed by atoms with Gasteiger partial charge in [0.25, 0.3) is 5.91 Å². The van der Waals surface area contributed by atoms with Gasteiger partial charge in [-0.2, -0.15) is 10.4 Å². The molecule has 2 atom stereocenters. The highest BCUT2D eigenvalue weighted by Crippen LogP contribution is 2.26. The van der Waals surface area contributed by atoms with Gasteiger partial charge < -0.3 is 15.0 Å². The lowest BCUT2D eigenvalue weighted by molar-refractivity contribution is 0.0705. The van der Waals surface area contributed by atoms with Gasteiger partial charge in [0.1, 0.15) is 35.1 Å². The van der Waals surface area contributed by atoms with E-state index in [0.29, 0.717) is 30.2 Å². The van der Waals surface area contributed by atoms with Crippen LogP contribution in [0.4, 0.5) is 4.39 Å². The second-order valence-corrected chi connectivity index (χ2v) is 7.40. The Morgan fingerprint density at radius 3 is 2.90 bits per heavy atom. The SMILES string of the molecule is CCOC(C)c1nc(C(=O)N[C@@H](C)Cn2ccc(-c3cc(F)c(C#N)c(Cl)c3)n2)c[nH]1. The highest BCUT2D eigenvalue weighted by atomic mass is 35.5. The largest absolute Gasteiger partial charge is 0.371 e. The van der Waals surface area contributed by atoms with Gasteiger partial charge >= 0.3 is 0 Å². The normalized spacial score (nSPS) is 12.9.